The van der Waals surface area contributed by atoms with Crippen molar-refractivity contribution >= 4 is 15.7 Å². The van der Waals surface area contributed by atoms with E-state index >= 15 is 0 Å². The van der Waals surface area contributed by atoms with Crippen LogP contribution < -0.4 is 9.47 Å². The van der Waals surface area contributed by atoms with Gasteiger partial charge in [0.1, 0.15) is 6.61 Å². The van der Waals surface area contributed by atoms with Crippen molar-refractivity contribution in [1.82, 2.24) is 4.90 Å². The number of para-hydroxylation sites is 2. The van der Waals surface area contributed by atoms with E-state index in [-0.39, 0.29) is 19.1 Å². The maximum absolute atomic E-state index is 12.4. The van der Waals surface area contributed by atoms with Gasteiger partial charge in [0.15, 0.2) is 21.3 Å². The van der Waals surface area contributed by atoms with E-state index in [1.165, 1.54) is 6.26 Å². The van der Waals surface area contributed by atoms with Crippen LogP contribution in [0.5, 0.6) is 11.5 Å². The van der Waals surface area contributed by atoms with Gasteiger partial charge >= 0.3 is 0 Å². The fourth-order valence-corrected chi connectivity index (χ4v) is 3.61. The predicted molar refractivity (Wildman–Crippen MR) is 76.2 cm³/mol. The highest BCUT2D eigenvalue weighted by atomic mass is 32.2. The molecule has 0 spiro atoms. The van der Waals surface area contributed by atoms with Crippen LogP contribution in [0.3, 0.4) is 0 Å². The third kappa shape index (κ3) is 2.83. The largest absolute Gasteiger partial charge is 0.485 e. The molecule has 114 valence electrons. The van der Waals surface area contributed by atoms with Gasteiger partial charge in [-0.3, -0.25) is 4.79 Å². The summed E-state index contributed by atoms with van der Waals surface area (Å²) in [6.07, 6.45) is 0.981. The SMILES string of the molecule is CS(=O)(=O)C1CCN(C(=O)C2COc3ccccc3O2)C1. The van der Waals surface area contributed by atoms with Crippen LogP contribution in [0.15, 0.2) is 24.3 Å². The summed E-state index contributed by atoms with van der Waals surface area (Å²) >= 11 is 0. The Bertz CT molecular complexity index is 657. The highest BCUT2D eigenvalue weighted by molar-refractivity contribution is 7.91. The van der Waals surface area contributed by atoms with Crippen molar-refractivity contribution < 1.29 is 22.7 Å². The fraction of sp³-hybridized carbons (Fsp3) is 0.500. The Kier molecular flexibility index (Phi) is 3.52. The first kappa shape index (κ1) is 14.2. The van der Waals surface area contributed by atoms with Gasteiger partial charge in [0.25, 0.3) is 5.91 Å². The van der Waals surface area contributed by atoms with Gasteiger partial charge in [0.05, 0.1) is 5.25 Å². The van der Waals surface area contributed by atoms with E-state index in [9.17, 15) is 13.2 Å². The van der Waals surface area contributed by atoms with Gasteiger partial charge in [-0.2, -0.15) is 0 Å². The molecule has 1 amide bonds. The number of sulfone groups is 1. The lowest BCUT2D eigenvalue weighted by molar-refractivity contribution is -0.140. The molecule has 0 radical (unpaired) electrons. The van der Waals surface area contributed by atoms with Gasteiger partial charge in [0.2, 0.25) is 6.10 Å². The number of amides is 1. The zero-order valence-corrected chi connectivity index (χ0v) is 12.5. The third-order valence-corrected chi connectivity index (χ3v) is 5.44. The Hall–Kier alpha value is -1.76. The van der Waals surface area contributed by atoms with E-state index in [2.05, 4.69) is 0 Å². The molecule has 1 aromatic carbocycles. The number of carbonyl (C=O) groups excluding carboxylic acids is 1. The number of benzene rings is 1. The van der Waals surface area contributed by atoms with Gasteiger partial charge in [0, 0.05) is 19.3 Å². The van der Waals surface area contributed by atoms with Crippen molar-refractivity contribution in [3.63, 3.8) is 0 Å². The molecule has 2 heterocycles. The van der Waals surface area contributed by atoms with Crippen LogP contribution in [0.1, 0.15) is 6.42 Å². The molecule has 2 atom stereocenters. The highest BCUT2D eigenvalue weighted by Crippen LogP contribution is 2.31. The molecule has 0 N–H and O–H groups in total. The Morgan fingerprint density at radius 2 is 2.00 bits per heavy atom. The molecule has 21 heavy (non-hydrogen) atoms. The summed E-state index contributed by atoms with van der Waals surface area (Å²) in [5.74, 6) is 0.952. The summed E-state index contributed by atoms with van der Waals surface area (Å²) in [7, 11) is -3.11. The van der Waals surface area contributed by atoms with Gasteiger partial charge in [-0.25, -0.2) is 8.42 Å². The predicted octanol–water partition coefficient (Wildman–Crippen LogP) is 0.472. The first-order valence-corrected chi connectivity index (χ1v) is 8.77. The number of ether oxygens (including phenoxy) is 2. The third-order valence-electron chi connectivity index (χ3n) is 3.85. The molecule has 1 fully saturated rings. The minimum Gasteiger partial charge on any atom is -0.485 e. The van der Waals surface area contributed by atoms with Crippen molar-refractivity contribution in [3.8, 4) is 11.5 Å². The van der Waals surface area contributed by atoms with Crippen molar-refractivity contribution in [2.75, 3.05) is 26.0 Å². The zero-order chi connectivity index (χ0) is 15.0. The molecule has 0 aliphatic carbocycles. The molecule has 3 rings (SSSR count). The summed E-state index contributed by atoms with van der Waals surface area (Å²) in [5.41, 5.74) is 0. The second-order valence-corrected chi connectivity index (χ2v) is 7.71. The van der Waals surface area contributed by atoms with Crippen LogP contribution in [-0.4, -0.2) is 56.5 Å². The number of fused-ring (bicyclic) bond motifs is 1. The maximum Gasteiger partial charge on any atom is 0.267 e. The molecule has 6 nitrogen and oxygen atoms in total. The molecule has 7 heteroatoms. The van der Waals surface area contributed by atoms with Crippen LogP contribution >= 0.6 is 0 Å². The van der Waals surface area contributed by atoms with E-state index in [1.54, 1.807) is 17.0 Å². The van der Waals surface area contributed by atoms with Gasteiger partial charge < -0.3 is 14.4 Å². The minimum absolute atomic E-state index is 0.149. The normalized spacial score (nSPS) is 24.9. The Balaban J connectivity index is 1.68. The van der Waals surface area contributed by atoms with Crippen LogP contribution in [0.4, 0.5) is 0 Å². The molecule has 0 aromatic heterocycles. The second-order valence-electron chi connectivity index (χ2n) is 5.39. The van der Waals surface area contributed by atoms with Gasteiger partial charge in [-0.15, -0.1) is 0 Å². The van der Waals surface area contributed by atoms with Crippen molar-refractivity contribution in [1.29, 1.82) is 0 Å². The molecule has 0 saturated carbocycles. The monoisotopic (exact) mass is 311 g/mol. The van der Waals surface area contributed by atoms with Gasteiger partial charge in [-0.05, 0) is 18.6 Å². The summed E-state index contributed by atoms with van der Waals surface area (Å²) < 4.78 is 34.3. The number of rotatable bonds is 2. The molecular weight excluding hydrogens is 294 g/mol. The molecule has 1 aromatic rings. The number of likely N-dealkylation sites (tertiary alicyclic amines) is 1. The molecular formula is C14H17NO5S. The highest BCUT2D eigenvalue weighted by Gasteiger charge is 2.37. The number of hydrogen-bond acceptors (Lipinski definition) is 5. The van der Waals surface area contributed by atoms with Crippen LogP contribution in [0, 0.1) is 0 Å². The summed E-state index contributed by atoms with van der Waals surface area (Å²) in [6.45, 7) is 0.827. The first-order valence-electron chi connectivity index (χ1n) is 6.81. The number of nitrogens with zero attached hydrogens (tertiary/aromatic N) is 1. The van der Waals surface area contributed by atoms with E-state index < -0.39 is 21.2 Å². The molecule has 2 unspecified atom stereocenters. The van der Waals surface area contributed by atoms with Crippen LogP contribution in [0.25, 0.3) is 0 Å². The Morgan fingerprint density at radius 1 is 1.29 bits per heavy atom. The van der Waals surface area contributed by atoms with E-state index in [0.29, 0.717) is 24.5 Å². The molecule has 0 bridgehead atoms. The Labute approximate surface area is 123 Å². The molecule has 2 aliphatic heterocycles. The van der Waals surface area contributed by atoms with Crippen molar-refractivity contribution in [2.24, 2.45) is 0 Å². The Morgan fingerprint density at radius 3 is 2.67 bits per heavy atom. The number of carbonyl (C=O) groups is 1. The van der Waals surface area contributed by atoms with E-state index in [0.717, 1.165) is 0 Å². The fourth-order valence-electron chi connectivity index (χ4n) is 2.62. The number of hydrogen-bond donors (Lipinski definition) is 0. The summed E-state index contributed by atoms with van der Waals surface area (Å²) in [6, 6.07) is 7.18. The lowest BCUT2D eigenvalue weighted by Gasteiger charge is -2.28. The zero-order valence-electron chi connectivity index (χ0n) is 11.7. The maximum atomic E-state index is 12.4. The van der Waals surface area contributed by atoms with Crippen LogP contribution in [-0.2, 0) is 14.6 Å². The molecule has 2 aliphatic rings. The lowest BCUT2D eigenvalue weighted by atomic mass is 10.2. The average Bonchev–Trinajstić information content (AvgIpc) is 2.96. The second kappa shape index (κ2) is 5.22. The first-order chi connectivity index (χ1) is 9.95. The quantitative estimate of drug-likeness (QED) is 0.794. The van der Waals surface area contributed by atoms with E-state index in [4.69, 9.17) is 9.47 Å². The minimum atomic E-state index is -3.11. The van der Waals surface area contributed by atoms with Crippen molar-refractivity contribution in [2.45, 2.75) is 17.8 Å². The topological polar surface area (TPSA) is 72.9 Å². The average molecular weight is 311 g/mol. The summed E-state index contributed by atoms with van der Waals surface area (Å²) in [4.78, 5) is 14.0. The van der Waals surface area contributed by atoms with E-state index in [1.807, 2.05) is 12.1 Å². The van der Waals surface area contributed by atoms with Crippen LogP contribution in [0.2, 0.25) is 0 Å². The van der Waals surface area contributed by atoms with Gasteiger partial charge in [-0.1, -0.05) is 12.1 Å². The standard InChI is InChI=1S/C14H17NO5S/c1-21(17,18)10-6-7-15(8-10)14(16)13-9-19-11-4-2-3-5-12(11)20-13/h2-5,10,13H,6-9H2,1H3. The van der Waals surface area contributed by atoms with Crippen molar-refractivity contribution in [3.05, 3.63) is 24.3 Å². The molecule has 1 saturated heterocycles. The lowest BCUT2D eigenvalue weighted by Crippen LogP contribution is -2.46. The smallest absolute Gasteiger partial charge is 0.267 e. The summed E-state index contributed by atoms with van der Waals surface area (Å²) in [5, 5.41) is -0.474.